The van der Waals surface area contributed by atoms with Crippen molar-refractivity contribution in [2.75, 3.05) is 6.54 Å². The zero-order valence-corrected chi connectivity index (χ0v) is 16.1. The lowest BCUT2D eigenvalue weighted by atomic mass is 10.1. The smallest absolute Gasteiger partial charge is 0.309 e. The van der Waals surface area contributed by atoms with Crippen LogP contribution in [0, 0.1) is 5.21 Å². The van der Waals surface area contributed by atoms with Crippen LogP contribution in [0.25, 0.3) is 0 Å². The molecule has 0 aromatic heterocycles. The first-order chi connectivity index (χ1) is 11.5. The topological polar surface area (TPSA) is 68.0 Å². The molecule has 0 heterocycles. The predicted molar refractivity (Wildman–Crippen MR) is 101 cm³/mol. The molecule has 3 N–H and O–H groups in total. The Kier molecular flexibility index (Phi) is 15.8. The van der Waals surface area contributed by atoms with Crippen molar-refractivity contribution in [2.24, 2.45) is 0 Å². The van der Waals surface area contributed by atoms with Gasteiger partial charge in [-0.25, -0.2) is 0 Å². The molecular formula is C20H41NO3. The molecule has 0 fully saturated rings. The molecule has 0 aliphatic carbocycles. The minimum absolute atomic E-state index is 0.269. The van der Waals surface area contributed by atoms with E-state index in [1.54, 1.807) is 0 Å². The van der Waals surface area contributed by atoms with Gasteiger partial charge in [0.1, 0.15) is 0 Å². The number of rotatable bonds is 17. The third-order valence-corrected chi connectivity index (χ3v) is 4.44. The van der Waals surface area contributed by atoms with Crippen LogP contribution in [0.1, 0.15) is 104 Å². The van der Waals surface area contributed by atoms with Crippen molar-refractivity contribution in [3.63, 3.8) is 0 Å². The molecule has 0 spiro atoms. The SMILES string of the molecule is CCCCCCCC/C=C\CCCCCCCC[NH+]([O-])C(C)(O)O. The van der Waals surface area contributed by atoms with Gasteiger partial charge in [-0.05, 0) is 38.5 Å². The average Bonchev–Trinajstić information content (AvgIpc) is 2.53. The summed E-state index contributed by atoms with van der Waals surface area (Å²) >= 11 is 0. The number of hydrogen-bond acceptors (Lipinski definition) is 3. The number of nitrogens with one attached hydrogen (secondary N) is 1. The minimum Gasteiger partial charge on any atom is -0.630 e. The summed E-state index contributed by atoms with van der Waals surface area (Å²) in [5, 5.41) is 29.1. The fraction of sp³-hybridized carbons (Fsp3) is 0.900. The third-order valence-electron chi connectivity index (χ3n) is 4.44. The van der Waals surface area contributed by atoms with E-state index in [0.29, 0.717) is 0 Å². The Labute approximate surface area is 149 Å². The van der Waals surface area contributed by atoms with Crippen LogP contribution in [-0.2, 0) is 0 Å². The van der Waals surface area contributed by atoms with Gasteiger partial charge in [0.2, 0.25) is 0 Å². The van der Waals surface area contributed by atoms with Crippen LogP contribution in [-0.4, -0.2) is 22.7 Å². The second kappa shape index (κ2) is 16.1. The summed E-state index contributed by atoms with van der Waals surface area (Å²) < 4.78 is 0. The summed E-state index contributed by atoms with van der Waals surface area (Å²) in [5.41, 5.74) is 0. The highest BCUT2D eigenvalue weighted by molar-refractivity contribution is 4.81. The normalized spacial score (nSPS) is 13.7. The molecule has 0 aromatic carbocycles. The maximum atomic E-state index is 11.3. The highest BCUT2D eigenvalue weighted by Gasteiger charge is 2.22. The Morgan fingerprint density at radius 1 is 0.750 bits per heavy atom. The molecule has 0 rings (SSSR count). The molecule has 144 valence electrons. The molecule has 0 amide bonds. The summed E-state index contributed by atoms with van der Waals surface area (Å²) in [6.07, 6.45) is 21.9. The van der Waals surface area contributed by atoms with Crippen LogP contribution in [0.2, 0.25) is 0 Å². The second-order valence-corrected chi connectivity index (χ2v) is 7.13. The molecule has 0 saturated carbocycles. The summed E-state index contributed by atoms with van der Waals surface area (Å²) in [7, 11) is 0. The quantitative estimate of drug-likeness (QED) is 0.161. The van der Waals surface area contributed by atoms with Crippen LogP contribution in [0.5, 0.6) is 0 Å². The number of quaternary nitrogens is 1. The second-order valence-electron chi connectivity index (χ2n) is 7.13. The molecule has 0 bridgehead atoms. The number of allylic oxidation sites excluding steroid dienone is 2. The van der Waals surface area contributed by atoms with Crippen LogP contribution in [0.4, 0.5) is 0 Å². The first-order valence-electron chi connectivity index (χ1n) is 10.1. The van der Waals surface area contributed by atoms with Gasteiger partial charge in [-0.15, -0.1) is 0 Å². The molecule has 0 aliphatic rings. The molecule has 0 radical (unpaired) electrons. The minimum atomic E-state index is -2.15. The summed E-state index contributed by atoms with van der Waals surface area (Å²) in [6, 6.07) is 0. The Balaban J connectivity index is 3.21. The predicted octanol–water partition coefficient (Wildman–Crippen LogP) is 4.06. The van der Waals surface area contributed by atoms with Crippen molar-refractivity contribution in [3.05, 3.63) is 17.4 Å². The van der Waals surface area contributed by atoms with Gasteiger partial charge in [0, 0.05) is 6.92 Å². The van der Waals surface area contributed by atoms with E-state index in [4.69, 9.17) is 10.2 Å². The zero-order valence-electron chi connectivity index (χ0n) is 16.1. The molecule has 24 heavy (non-hydrogen) atoms. The molecule has 4 heteroatoms. The molecule has 1 unspecified atom stereocenters. The van der Waals surface area contributed by atoms with Gasteiger partial charge in [0.25, 0.3) is 0 Å². The van der Waals surface area contributed by atoms with Crippen LogP contribution >= 0.6 is 0 Å². The Bertz CT molecular complexity index is 287. The van der Waals surface area contributed by atoms with E-state index in [1.807, 2.05) is 0 Å². The molecule has 0 aromatic rings. The maximum absolute atomic E-state index is 11.3. The average molecular weight is 344 g/mol. The lowest BCUT2D eigenvalue weighted by molar-refractivity contribution is -0.962. The third kappa shape index (κ3) is 16.4. The van der Waals surface area contributed by atoms with Gasteiger partial charge in [0.05, 0.1) is 6.54 Å². The maximum Gasteiger partial charge on any atom is 0.309 e. The van der Waals surface area contributed by atoms with E-state index < -0.39 is 11.0 Å². The lowest BCUT2D eigenvalue weighted by Crippen LogP contribution is -3.16. The summed E-state index contributed by atoms with van der Waals surface area (Å²) in [5.74, 6) is -2.15. The summed E-state index contributed by atoms with van der Waals surface area (Å²) in [6.45, 7) is 3.66. The van der Waals surface area contributed by atoms with E-state index in [-0.39, 0.29) is 6.54 Å². The fourth-order valence-electron chi connectivity index (χ4n) is 2.77. The van der Waals surface area contributed by atoms with Gasteiger partial charge >= 0.3 is 5.91 Å². The number of aliphatic hydroxyl groups is 2. The zero-order chi connectivity index (χ0) is 18.1. The Morgan fingerprint density at radius 2 is 1.17 bits per heavy atom. The van der Waals surface area contributed by atoms with Gasteiger partial charge < -0.3 is 20.5 Å². The van der Waals surface area contributed by atoms with Gasteiger partial charge in [-0.1, -0.05) is 70.4 Å². The van der Waals surface area contributed by atoms with Crippen LogP contribution < -0.4 is 5.06 Å². The van der Waals surface area contributed by atoms with Crippen molar-refractivity contribution in [1.82, 2.24) is 0 Å². The van der Waals surface area contributed by atoms with E-state index >= 15 is 0 Å². The molecule has 0 aliphatic heterocycles. The van der Waals surface area contributed by atoms with E-state index in [1.165, 1.54) is 70.6 Å². The lowest BCUT2D eigenvalue weighted by Gasteiger charge is -2.31. The highest BCUT2D eigenvalue weighted by atomic mass is 16.6. The van der Waals surface area contributed by atoms with Crippen molar-refractivity contribution in [1.29, 1.82) is 0 Å². The Hall–Kier alpha value is -0.420. The molecular weight excluding hydrogens is 302 g/mol. The highest BCUT2D eigenvalue weighted by Crippen LogP contribution is 2.09. The number of hydrogen-bond donors (Lipinski definition) is 3. The fourth-order valence-corrected chi connectivity index (χ4v) is 2.77. The van der Waals surface area contributed by atoms with Crippen LogP contribution in [0.15, 0.2) is 12.2 Å². The van der Waals surface area contributed by atoms with Crippen molar-refractivity contribution >= 4 is 0 Å². The first kappa shape index (κ1) is 23.6. The van der Waals surface area contributed by atoms with Crippen molar-refractivity contribution in [2.45, 2.75) is 110 Å². The monoisotopic (exact) mass is 343 g/mol. The van der Waals surface area contributed by atoms with Crippen molar-refractivity contribution in [3.8, 4) is 0 Å². The van der Waals surface area contributed by atoms with Gasteiger partial charge in [-0.3, -0.25) is 0 Å². The summed E-state index contributed by atoms with van der Waals surface area (Å²) in [4.78, 5) is 0. The van der Waals surface area contributed by atoms with E-state index in [2.05, 4.69) is 19.1 Å². The number of hydroxylamine groups is 2. The van der Waals surface area contributed by atoms with Crippen molar-refractivity contribution < 1.29 is 15.3 Å². The first-order valence-corrected chi connectivity index (χ1v) is 10.1. The Morgan fingerprint density at radius 3 is 1.62 bits per heavy atom. The number of unbranched alkanes of at least 4 members (excludes halogenated alkanes) is 12. The molecule has 1 atom stereocenters. The standard InChI is InChI=1S/C20H41NO3/c1-3-4-5-6-7-8-9-10-11-12-13-14-15-16-17-18-19-21(24)20(2,22)23/h10-11,21-23H,3-9,12-19H2,1-2H3/b11-10-. The van der Waals surface area contributed by atoms with E-state index in [9.17, 15) is 5.21 Å². The molecule has 4 nitrogen and oxygen atoms in total. The van der Waals surface area contributed by atoms with Gasteiger partial charge in [0.15, 0.2) is 0 Å². The van der Waals surface area contributed by atoms with Gasteiger partial charge in [-0.2, -0.15) is 0 Å². The van der Waals surface area contributed by atoms with E-state index in [0.717, 1.165) is 26.2 Å². The van der Waals surface area contributed by atoms with Crippen LogP contribution in [0.3, 0.4) is 0 Å². The molecule has 0 saturated heterocycles. The largest absolute Gasteiger partial charge is 0.630 e.